The third-order valence-corrected chi connectivity index (χ3v) is 6.64. The monoisotopic (exact) mass is 371 g/mol. The summed E-state index contributed by atoms with van der Waals surface area (Å²) < 4.78 is 0. The van der Waals surface area contributed by atoms with Gasteiger partial charge in [-0.2, -0.15) is 0 Å². The van der Waals surface area contributed by atoms with E-state index >= 15 is 0 Å². The Hall–Kier alpha value is -0.301. The van der Waals surface area contributed by atoms with Crippen molar-refractivity contribution in [3.63, 3.8) is 0 Å². The molecular formula is C20H35OSe+. The van der Waals surface area contributed by atoms with Gasteiger partial charge in [0.05, 0.1) is 0 Å². The molecule has 1 rings (SSSR count). The Kier molecular flexibility index (Phi) is 10.9. The molecular weight excluding hydrogens is 335 g/mol. The molecule has 0 aromatic heterocycles. The van der Waals surface area contributed by atoms with Gasteiger partial charge in [-0.15, -0.1) is 0 Å². The van der Waals surface area contributed by atoms with Crippen molar-refractivity contribution in [1.29, 1.82) is 0 Å². The zero-order valence-electron chi connectivity index (χ0n) is 14.8. The predicted octanol–water partition coefficient (Wildman–Crippen LogP) is 5.71. The number of benzene rings is 1. The van der Waals surface area contributed by atoms with Crippen molar-refractivity contribution in [2.45, 2.75) is 81.4 Å². The van der Waals surface area contributed by atoms with E-state index in [1.807, 2.05) is 0 Å². The summed E-state index contributed by atoms with van der Waals surface area (Å²) in [5, 5.41) is 11.7. The van der Waals surface area contributed by atoms with Crippen LogP contribution in [0.4, 0.5) is 0 Å². The van der Waals surface area contributed by atoms with Gasteiger partial charge >= 0.3 is 142 Å². The second-order valence-corrected chi connectivity index (χ2v) is 11.6. The first-order valence-corrected chi connectivity index (χ1v) is 13.5. The predicted molar refractivity (Wildman–Crippen MR) is 99.9 cm³/mol. The molecule has 0 aliphatic rings. The van der Waals surface area contributed by atoms with Crippen LogP contribution in [-0.4, -0.2) is 25.1 Å². The normalized spacial score (nSPS) is 14.2. The minimum atomic E-state index is -0.434. The van der Waals surface area contributed by atoms with Crippen LogP contribution in [-0.2, 0) is 6.42 Å². The quantitative estimate of drug-likeness (QED) is 0.369. The van der Waals surface area contributed by atoms with Gasteiger partial charge in [0, 0.05) is 0 Å². The number of aryl methyl sites for hydroxylation is 1. The average Bonchev–Trinajstić information content (AvgIpc) is 2.50. The maximum atomic E-state index is 10.3. The molecule has 0 aliphatic carbocycles. The fourth-order valence-electron chi connectivity index (χ4n) is 3.07. The summed E-state index contributed by atoms with van der Waals surface area (Å²) in [4.78, 5) is 0. The number of unbranched alkanes of at least 4 members (excludes halogenated alkanes) is 3. The third-order valence-electron chi connectivity index (χ3n) is 4.25. The van der Waals surface area contributed by atoms with E-state index in [2.05, 4.69) is 48.9 Å². The van der Waals surface area contributed by atoms with Crippen molar-refractivity contribution in [2.75, 3.05) is 0 Å². The zero-order chi connectivity index (χ0) is 16.2. The molecule has 1 aromatic rings. The van der Waals surface area contributed by atoms with Crippen LogP contribution in [0, 0.1) is 5.92 Å². The van der Waals surface area contributed by atoms with Crippen LogP contribution in [0.25, 0.3) is 0 Å². The van der Waals surface area contributed by atoms with Gasteiger partial charge in [-0.05, 0) is 0 Å². The summed E-state index contributed by atoms with van der Waals surface area (Å²) >= 11 is -0.434. The van der Waals surface area contributed by atoms with Crippen LogP contribution in [0.5, 0.6) is 0 Å². The second-order valence-electron chi connectivity index (χ2n) is 6.78. The summed E-state index contributed by atoms with van der Waals surface area (Å²) in [6, 6.07) is 10.8. The van der Waals surface area contributed by atoms with Crippen molar-refractivity contribution >= 4 is 13.9 Å². The van der Waals surface area contributed by atoms with Gasteiger partial charge in [0.15, 0.2) is 0 Å². The fraction of sp³-hybridized carbons (Fsp3) is 0.700. The van der Waals surface area contributed by atoms with E-state index in [-0.39, 0.29) is 6.10 Å². The van der Waals surface area contributed by atoms with Crippen molar-refractivity contribution in [1.82, 2.24) is 0 Å². The van der Waals surface area contributed by atoms with Crippen LogP contribution in [0.1, 0.15) is 57.4 Å². The van der Waals surface area contributed by atoms with E-state index in [4.69, 9.17) is 0 Å². The Morgan fingerprint density at radius 1 is 1.00 bits per heavy atom. The zero-order valence-corrected chi connectivity index (χ0v) is 16.5. The molecule has 0 saturated carbocycles. The molecule has 2 atom stereocenters. The third kappa shape index (κ3) is 9.66. The Morgan fingerprint density at radius 3 is 2.36 bits per heavy atom. The van der Waals surface area contributed by atoms with E-state index in [1.165, 1.54) is 43.0 Å². The fourth-order valence-corrected chi connectivity index (χ4v) is 5.68. The van der Waals surface area contributed by atoms with E-state index in [1.54, 1.807) is 0 Å². The van der Waals surface area contributed by atoms with Crippen LogP contribution < -0.4 is 0 Å². The topological polar surface area (TPSA) is 20.2 Å². The molecule has 0 bridgehead atoms. The SMILES string of the molecule is CCCCCCC(O)CC(CCc1ccccc1)C[Se+](C)C. The van der Waals surface area contributed by atoms with Crippen molar-refractivity contribution < 1.29 is 5.11 Å². The van der Waals surface area contributed by atoms with Crippen molar-refractivity contribution in [2.24, 2.45) is 5.92 Å². The first-order valence-electron chi connectivity index (χ1n) is 8.88. The molecule has 0 aliphatic heterocycles. The van der Waals surface area contributed by atoms with Crippen LogP contribution in [0.15, 0.2) is 30.3 Å². The molecule has 2 unspecified atom stereocenters. The van der Waals surface area contributed by atoms with Gasteiger partial charge in [0.25, 0.3) is 0 Å². The van der Waals surface area contributed by atoms with E-state index in [0.29, 0.717) is 5.92 Å². The first-order chi connectivity index (χ1) is 10.6. The molecule has 2 heteroatoms. The summed E-state index contributed by atoms with van der Waals surface area (Å²) in [6.45, 7) is 2.24. The second kappa shape index (κ2) is 12.2. The van der Waals surface area contributed by atoms with Gasteiger partial charge in [-0.3, -0.25) is 0 Å². The van der Waals surface area contributed by atoms with Crippen LogP contribution >= 0.6 is 0 Å². The van der Waals surface area contributed by atoms with Crippen LogP contribution in [0.2, 0.25) is 17.0 Å². The summed E-state index contributed by atoms with van der Waals surface area (Å²) in [5.41, 5.74) is 1.44. The average molecular weight is 370 g/mol. The minimum absolute atomic E-state index is 0.0806. The van der Waals surface area contributed by atoms with Crippen molar-refractivity contribution in [3.05, 3.63) is 35.9 Å². The molecule has 22 heavy (non-hydrogen) atoms. The standard InChI is InChI=1S/C20H35OSe/c1-4-5-6-10-13-20(21)16-19(17-22(2)3)15-14-18-11-8-7-9-12-18/h7-9,11-12,19-21H,4-6,10,13-17H2,1-3H3/q+1. The molecule has 0 saturated heterocycles. The Balaban J connectivity index is 2.36. The number of aliphatic hydroxyl groups excluding tert-OH is 1. The number of rotatable bonds is 12. The number of aliphatic hydroxyl groups is 1. The maximum absolute atomic E-state index is 10.3. The van der Waals surface area contributed by atoms with Gasteiger partial charge in [-0.25, -0.2) is 0 Å². The molecule has 0 radical (unpaired) electrons. The molecule has 1 nitrogen and oxygen atoms in total. The Bertz CT molecular complexity index is 363. The summed E-state index contributed by atoms with van der Waals surface area (Å²) in [7, 11) is 0. The molecule has 1 N–H and O–H groups in total. The molecule has 0 spiro atoms. The van der Waals surface area contributed by atoms with Crippen molar-refractivity contribution in [3.8, 4) is 0 Å². The Morgan fingerprint density at radius 2 is 1.73 bits per heavy atom. The van der Waals surface area contributed by atoms with Gasteiger partial charge in [0.1, 0.15) is 0 Å². The molecule has 126 valence electrons. The van der Waals surface area contributed by atoms with E-state index in [9.17, 15) is 5.11 Å². The molecule has 1 aromatic carbocycles. The number of hydrogen-bond donors (Lipinski definition) is 1. The van der Waals surface area contributed by atoms with Gasteiger partial charge < -0.3 is 0 Å². The van der Waals surface area contributed by atoms with Gasteiger partial charge in [0.2, 0.25) is 0 Å². The molecule has 0 heterocycles. The molecule has 0 amide bonds. The number of hydrogen-bond acceptors (Lipinski definition) is 1. The molecule has 0 fully saturated rings. The van der Waals surface area contributed by atoms with E-state index in [0.717, 1.165) is 19.3 Å². The Labute approximate surface area is 142 Å². The van der Waals surface area contributed by atoms with Crippen LogP contribution in [0.3, 0.4) is 0 Å². The summed E-state index contributed by atoms with van der Waals surface area (Å²) in [6.07, 6.45) is 9.38. The first kappa shape index (κ1) is 19.7. The van der Waals surface area contributed by atoms with E-state index < -0.39 is 13.9 Å². The summed E-state index contributed by atoms with van der Waals surface area (Å²) in [5.74, 6) is 5.55. The van der Waals surface area contributed by atoms with Gasteiger partial charge in [-0.1, -0.05) is 0 Å².